The SMILES string of the molecule is COC[C@H]1C[C@@H](NC(=O)NCCCCO[C@@H]2O[C@H](CO)[C@H](O)[C@H](O)[C@H]2NC(C)=O)[C@@H](OC)C1OP(=O)(O)OC. The minimum absolute atomic E-state index is 0.151. The summed E-state index contributed by atoms with van der Waals surface area (Å²) in [6.07, 6.45) is -5.14. The lowest BCUT2D eigenvalue weighted by molar-refractivity contribution is -0.270. The fraction of sp³-hybridized carbons (Fsp3) is 0.909. The average Bonchev–Trinajstić information content (AvgIpc) is 3.19. The molecular formula is C22H42N3O13P. The summed E-state index contributed by atoms with van der Waals surface area (Å²) in [6.45, 7) is 1.37. The molecular weight excluding hydrogens is 545 g/mol. The standard InChI is InChI=1S/C22H42N3O13P/c1-12(27)24-16-18(29)17(28)15(10-26)37-21(16)36-8-6-5-7-23-22(30)25-14-9-13(11-33-2)19(20(14)34-3)38-39(31,32)35-4/h13-21,26,28-29H,5-11H2,1-4H3,(H,24,27)(H,31,32)(H2,23,25,30)/t13-,14-,15-,16-,17+,18-,19?,20-,21-/m1/s1. The minimum atomic E-state index is -4.30. The van der Waals surface area contributed by atoms with Gasteiger partial charge in [0, 0.05) is 47.3 Å². The van der Waals surface area contributed by atoms with Gasteiger partial charge in [0.05, 0.1) is 19.3 Å². The van der Waals surface area contributed by atoms with Crippen LogP contribution in [0.15, 0.2) is 0 Å². The van der Waals surface area contributed by atoms with Crippen molar-refractivity contribution >= 4 is 19.8 Å². The number of aliphatic hydroxyl groups excluding tert-OH is 3. The van der Waals surface area contributed by atoms with E-state index in [1.165, 1.54) is 21.1 Å². The molecule has 0 aromatic rings. The van der Waals surface area contributed by atoms with Gasteiger partial charge >= 0.3 is 13.9 Å². The van der Waals surface area contributed by atoms with E-state index in [1.54, 1.807) is 0 Å². The maximum absolute atomic E-state index is 12.5. The van der Waals surface area contributed by atoms with Crippen LogP contribution in [0.3, 0.4) is 0 Å². The van der Waals surface area contributed by atoms with E-state index >= 15 is 0 Å². The number of ether oxygens (including phenoxy) is 4. The fourth-order valence-electron chi connectivity index (χ4n) is 4.71. The van der Waals surface area contributed by atoms with Crippen LogP contribution in [0.5, 0.6) is 0 Å². The maximum atomic E-state index is 12.5. The number of amides is 3. The summed E-state index contributed by atoms with van der Waals surface area (Å²) >= 11 is 0. The monoisotopic (exact) mass is 587 g/mol. The molecule has 39 heavy (non-hydrogen) atoms. The number of aliphatic hydroxyl groups is 3. The second kappa shape index (κ2) is 16.1. The van der Waals surface area contributed by atoms with Gasteiger partial charge in [-0.15, -0.1) is 0 Å². The van der Waals surface area contributed by atoms with Crippen LogP contribution in [0, 0.1) is 5.92 Å². The second-order valence-corrected chi connectivity index (χ2v) is 10.9. The molecule has 0 aromatic carbocycles. The van der Waals surface area contributed by atoms with Crippen molar-refractivity contribution in [2.45, 2.75) is 75.1 Å². The van der Waals surface area contributed by atoms with E-state index in [2.05, 4.69) is 20.5 Å². The van der Waals surface area contributed by atoms with Crippen LogP contribution in [0.1, 0.15) is 26.2 Å². The van der Waals surface area contributed by atoms with E-state index in [4.69, 9.17) is 23.5 Å². The van der Waals surface area contributed by atoms with Crippen molar-refractivity contribution in [2.24, 2.45) is 5.92 Å². The zero-order valence-corrected chi connectivity index (χ0v) is 23.5. The van der Waals surface area contributed by atoms with Crippen LogP contribution in [0.4, 0.5) is 4.79 Å². The molecule has 1 aliphatic carbocycles. The summed E-state index contributed by atoms with van der Waals surface area (Å²) in [4.78, 5) is 33.7. The molecule has 0 radical (unpaired) electrons. The number of nitrogens with one attached hydrogen (secondary N) is 3. The van der Waals surface area contributed by atoms with Gasteiger partial charge in [-0.1, -0.05) is 0 Å². The Morgan fingerprint density at radius 1 is 1.08 bits per heavy atom. The number of carbonyl (C=O) groups excluding carboxylic acids is 2. The van der Waals surface area contributed by atoms with Crippen molar-refractivity contribution in [1.29, 1.82) is 0 Å². The highest BCUT2D eigenvalue weighted by Gasteiger charge is 2.48. The predicted octanol–water partition coefficient (Wildman–Crippen LogP) is -1.79. The highest BCUT2D eigenvalue weighted by Crippen LogP contribution is 2.48. The summed E-state index contributed by atoms with van der Waals surface area (Å²) in [5, 5.41) is 37.7. The molecule has 7 N–H and O–H groups in total. The maximum Gasteiger partial charge on any atom is 0.472 e. The van der Waals surface area contributed by atoms with Crippen molar-refractivity contribution in [3.63, 3.8) is 0 Å². The summed E-state index contributed by atoms with van der Waals surface area (Å²) in [7, 11) is -0.348. The van der Waals surface area contributed by atoms with Gasteiger partial charge in [-0.2, -0.15) is 0 Å². The van der Waals surface area contributed by atoms with Crippen molar-refractivity contribution in [3.05, 3.63) is 0 Å². The quantitative estimate of drug-likeness (QED) is 0.0831. The van der Waals surface area contributed by atoms with Crippen LogP contribution in [0.25, 0.3) is 0 Å². The number of methoxy groups -OCH3 is 2. The molecule has 0 spiro atoms. The third-order valence-corrected chi connectivity index (χ3v) is 7.56. The number of unbranched alkanes of at least 4 members (excludes halogenated alkanes) is 1. The van der Waals surface area contributed by atoms with Gasteiger partial charge in [-0.3, -0.25) is 13.8 Å². The highest BCUT2D eigenvalue weighted by atomic mass is 31.2. The molecule has 2 rings (SSSR count). The molecule has 16 nitrogen and oxygen atoms in total. The lowest BCUT2D eigenvalue weighted by atomic mass is 9.97. The molecule has 2 unspecified atom stereocenters. The number of carbonyl (C=O) groups is 2. The van der Waals surface area contributed by atoms with Gasteiger partial charge in [0.15, 0.2) is 6.29 Å². The molecule has 228 valence electrons. The Labute approximate surface area is 227 Å². The van der Waals surface area contributed by atoms with Crippen LogP contribution >= 0.6 is 7.82 Å². The first-order valence-electron chi connectivity index (χ1n) is 12.6. The largest absolute Gasteiger partial charge is 0.472 e. The highest BCUT2D eigenvalue weighted by molar-refractivity contribution is 7.47. The van der Waals surface area contributed by atoms with E-state index in [9.17, 15) is 34.4 Å². The van der Waals surface area contributed by atoms with Crippen LogP contribution in [-0.2, 0) is 37.4 Å². The normalized spacial score (nSPS) is 34.3. The Kier molecular flexibility index (Phi) is 14.0. The first-order chi connectivity index (χ1) is 18.5. The predicted molar refractivity (Wildman–Crippen MR) is 133 cm³/mol. The van der Waals surface area contributed by atoms with Crippen molar-refractivity contribution in [1.82, 2.24) is 16.0 Å². The third kappa shape index (κ3) is 9.86. The van der Waals surface area contributed by atoms with Gasteiger partial charge in [-0.25, -0.2) is 9.36 Å². The van der Waals surface area contributed by atoms with Crippen molar-refractivity contribution in [2.75, 3.05) is 47.7 Å². The van der Waals surface area contributed by atoms with Crippen LogP contribution in [-0.4, -0.2) is 129 Å². The van der Waals surface area contributed by atoms with Gasteiger partial charge in [0.1, 0.15) is 36.6 Å². The van der Waals surface area contributed by atoms with E-state index in [0.717, 1.165) is 7.11 Å². The second-order valence-electron chi connectivity index (χ2n) is 9.39. The van der Waals surface area contributed by atoms with Crippen molar-refractivity contribution < 1.29 is 62.4 Å². The molecule has 1 saturated heterocycles. The molecule has 0 aromatic heterocycles. The Morgan fingerprint density at radius 2 is 1.79 bits per heavy atom. The lowest BCUT2D eigenvalue weighted by Crippen LogP contribution is -2.64. The van der Waals surface area contributed by atoms with Crippen LogP contribution < -0.4 is 16.0 Å². The van der Waals surface area contributed by atoms with Gasteiger partial charge in [0.25, 0.3) is 0 Å². The summed E-state index contributed by atoms with van der Waals surface area (Å²) < 4.78 is 43.6. The Hall–Kier alpha value is -1.43. The summed E-state index contributed by atoms with van der Waals surface area (Å²) in [5.74, 6) is -0.777. The summed E-state index contributed by atoms with van der Waals surface area (Å²) in [6, 6.07) is -2.01. The van der Waals surface area contributed by atoms with Gasteiger partial charge < -0.3 is 55.1 Å². The number of phosphoric ester groups is 1. The average molecular weight is 588 g/mol. The molecule has 1 heterocycles. The van der Waals surface area contributed by atoms with E-state index in [-0.39, 0.29) is 25.7 Å². The smallest absolute Gasteiger partial charge is 0.394 e. The van der Waals surface area contributed by atoms with E-state index < -0.39 is 75.3 Å². The molecule has 1 saturated carbocycles. The minimum Gasteiger partial charge on any atom is -0.394 e. The molecule has 2 fully saturated rings. The first kappa shape index (κ1) is 33.8. The molecule has 17 heteroatoms. The number of rotatable bonds is 15. The number of hydrogen-bond donors (Lipinski definition) is 7. The molecule has 1 aliphatic heterocycles. The fourth-order valence-corrected chi connectivity index (χ4v) is 5.40. The molecule has 10 atom stereocenters. The Morgan fingerprint density at radius 3 is 2.38 bits per heavy atom. The Balaban J connectivity index is 1.79. The molecule has 3 amide bonds. The molecule has 0 bridgehead atoms. The zero-order chi connectivity index (χ0) is 29.2. The molecule has 2 aliphatic rings. The lowest BCUT2D eigenvalue weighted by Gasteiger charge is -2.42. The number of phosphoric acid groups is 1. The zero-order valence-electron chi connectivity index (χ0n) is 22.6. The van der Waals surface area contributed by atoms with Crippen molar-refractivity contribution in [3.8, 4) is 0 Å². The third-order valence-electron chi connectivity index (χ3n) is 6.59. The summed E-state index contributed by atoms with van der Waals surface area (Å²) in [5.41, 5.74) is 0. The van der Waals surface area contributed by atoms with Crippen LogP contribution in [0.2, 0.25) is 0 Å². The van der Waals surface area contributed by atoms with E-state index in [0.29, 0.717) is 19.3 Å². The van der Waals surface area contributed by atoms with E-state index in [1.807, 2.05) is 0 Å². The number of urea groups is 1. The topological polar surface area (TPSA) is 224 Å². The first-order valence-corrected chi connectivity index (χ1v) is 14.1. The Bertz CT molecular complexity index is 824. The number of hydrogen-bond acceptors (Lipinski definition) is 12. The van der Waals surface area contributed by atoms with Gasteiger partial charge in [0.2, 0.25) is 5.91 Å². The van der Waals surface area contributed by atoms with Gasteiger partial charge in [-0.05, 0) is 19.3 Å².